The zero-order valence-electron chi connectivity index (χ0n) is 11.7. The zero-order valence-corrected chi connectivity index (χ0v) is 11.7. The first-order valence-corrected chi connectivity index (χ1v) is 6.68. The van der Waals surface area contributed by atoms with Gasteiger partial charge in [0.2, 0.25) is 0 Å². The minimum atomic E-state index is -4.34. The van der Waals surface area contributed by atoms with Crippen molar-refractivity contribution in [2.24, 2.45) is 0 Å². The fraction of sp³-hybridized carbons (Fsp3) is 0.250. The highest BCUT2D eigenvalue weighted by Crippen LogP contribution is 2.20. The number of aliphatic hydroxyl groups excluding tert-OH is 1. The van der Waals surface area contributed by atoms with Gasteiger partial charge in [0.15, 0.2) is 6.61 Å². The van der Waals surface area contributed by atoms with E-state index in [1.54, 1.807) is 12.1 Å². The highest BCUT2D eigenvalue weighted by Gasteiger charge is 2.28. The number of benzene rings is 2. The molecular formula is C16H16F3NO2. The second kappa shape index (κ2) is 7.17. The number of halogens is 3. The standard InChI is InChI=1S/C16H16F3NO2/c17-16(18,19)11-22-15-7-5-14(6-8-15)20-9-12-1-3-13(10-21)4-2-12/h1-8,20-21H,9-11H2. The van der Waals surface area contributed by atoms with E-state index in [4.69, 9.17) is 5.11 Å². The summed E-state index contributed by atoms with van der Waals surface area (Å²) in [7, 11) is 0. The van der Waals surface area contributed by atoms with Crippen LogP contribution in [0.4, 0.5) is 18.9 Å². The molecule has 2 N–H and O–H groups in total. The zero-order chi connectivity index (χ0) is 16.0. The van der Waals surface area contributed by atoms with Crippen molar-refractivity contribution in [3.63, 3.8) is 0 Å². The molecule has 22 heavy (non-hydrogen) atoms. The Balaban J connectivity index is 1.85. The van der Waals surface area contributed by atoms with Crippen LogP contribution in [-0.2, 0) is 13.2 Å². The summed E-state index contributed by atoms with van der Waals surface area (Å²) in [4.78, 5) is 0. The van der Waals surface area contributed by atoms with Crippen LogP contribution in [0.15, 0.2) is 48.5 Å². The van der Waals surface area contributed by atoms with Crippen molar-refractivity contribution in [1.82, 2.24) is 0 Å². The van der Waals surface area contributed by atoms with E-state index in [1.807, 2.05) is 24.3 Å². The number of hydrogen-bond donors (Lipinski definition) is 2. The maximum absolute atomic E-state index is 12.0. The molecule has 0 heterocycles. The quantitative estimate of drug-likeness (QED) is 0.854. The molecule has 0 aliphatic rings. The van der Waals surface area contributed by atoms with E-state index in [0.717, 1.165) is 16.8 Å². The number of ether oxygens (including phenoxy) is 1. The molecule has 0 fully saturated rings. The molecule has 0 aliphatic carbocycles. The Morgan fingerprint density at radius 2 is 1.50 bits per heavy atom. The number of aliphatic hydroxyl groups is 1. The summed E-state index contributed by atoms with van der Waals surface area (Å²) in [6, 6.07) is 13.8. The average Bonchev–Trinajstić information content (AvgIpc) is 2.52. The maximum atomic E-state index is 12.0. The van der Waals surface area contributed by atoms with Crippen molar-refractivity contribution >= 4 is 5.69 Å². The fourth-order valence-corrected chi connectivity index (χ4v) is 1.80. The maximum Gasteiger partial charge on any atom is 0.422 e. The molecule has 0 radical (unpaired) electrons. The van der Waals surface area contributed by atoms with Gasteiger partial charge < -0.3 is 15.2 Å². The highest BCUT2D eigenvalue weighted by molar-refractivity contribution is 5.46. The van der Waals surface area contributed by atoms with Gasteiger partial charge in [-0.1, -0.05) is 24.3 Å². The van der Waals surface area contributed by atoms with Gasteiger partial charge in [-0.25, -0.2) is 0 Å². The lowest BCUT2D eigenvalue weighted by molar-refractivity contribution is -0.153. The Kier molecular flexibility index (Phi) is 5.27. The van der Waals surface area contributed by atoms with Crippen molar-refractivity contribution in [2.45, 2.75) is 19.3 Å². The molecule has 0 atom stereocenters. The van der Waals surface area contributed by atoms with Gasteiger partial charge in [-0.2, -0.15) is 13.2 Å². The van der Waals surface area contributed by atoms with E-state index in [9.17, 15) is 13.2 Å². The van der Waals surface area contributed by atoms with E-state index in [1.165, 1.54) is 12.1 Å². The van der Waals surface area contributed by atoms with Crippen LogP contribution in [0, 0.1) is 0 Å². The van der Waals surface area contributed by atoms with Crippen LogP contribution in [0.5, 0.6) is 5.75 Å². The topological polar surface area (TPSA) is 41.5 Å². The fourth-order valence-electron chi connectivity index (χ4n) is 1.80. The SMILES string of the molecule is OCc1ccc(CNc2ccc(OCC(F)(F)F)cc2)cc1. The molecule has 2 aromatic carbocycles. The number of alkyl halides is 3. The first kappa shape index (κ1) is 16.2. The smallest absolute Gasteiger partial charge is 0.422 e. The minimum absolute atomic E-state index is 0.00704. The van der Waals surface area contributed by atoms with Crippen molar-refractivity contribution < 1.29 is 23.0 Å². The van der Waals surface area contributed by atoms with Gasteiger partial charge in [-0.05, 0) is 35.4 Å². The Hall–Kier alpha value is -2.21. The lowest BCUT2D eigenvalue weighted by Crippen LogP contribution is -2.19. The second-order valence-electron chi connectivity index (χ2n) is 4.76. The third-order valence-electron chi connectivity index (χ3n) is 2.96. The van der Waals surface area contributed by atoms with Gasteiger partial charge in [-0.15, -0.1) is 0 Å². The van der Waals surface area contributed by atoms with Crippen LogP contribution in [0.1, 0.15) is 11.1 Å². The highest BCUT2D eigenvalue weighted by atomic mass is 19.4. The summed E-state index contributed by atoms with van der Waals surface area (Å²) >= 11 is 0. The van der Waals surface area contributed by atoms with E-state index in [0.29, 0.717) is 6.54 Å². The molecule has 0 unspecified atom stereocenters. The van der Waals surface area contributed by atoms with Gasteiger partial charge in [0.1, 0.15) is 5.75 Å². The normalized spacial score (nSPS) is 11.3. The molecule has 3 nitrogen and oxygen atoms in total. The van der Waals surface area contributed by atoms with Crippen molar-refractivity contribution in [2.75, 3.05) is 11.9 Å². The van der Waals surface area contributed by atoms with E-state index in [2.05, 4.69) is 10.1 Å². The lowest BCUT2D eigenvalue weighted by Gasteiger charge is -2.10. The van der Waals surface area contributed by atoms with Gasteiger partial charge in [0, 0.05) is 12.2 Å². The third-order valence-corrected chi connectivity index (χ3v) is 2.96. The number of rotatable bonds is 6. The molecule has 0 spiro atoms. The molecule has 2 aromatic rings. The van der Waals surface area contributed by atoms with Crippen molar-refractivity contribution in [3.05, 3.63) is 59.7 Å². The average molecular weight is 311 g/mol. The number of hydrogen-bond acceptors (Lipinski definition) is 3. The van der Waals surface area contributed by atoms with Gasteiger partial charge in [0.25, 0.3) is 0 Å². The monoisotopic (exact) mass is 311 g/mol. The molecule has 0 bridgehead atoms. The molecule has 0 amide bonds. The molecule has 0 saturated carbocycles. The van der Waals surface area contributed by atoms with E-state index < -0.39 is 12.8 Å². The lowest BCUT2D eigenvalue weighted by atomic mass is 10.1. The van der Waals surface area contributed by atoms with E-state index >= 15 is 0 Å². The largest absolute Gasteiger partial charge is 0.484 e. The first-order chi connectivity index (χ1) is 10.5. The predicted molar refractivity (Wildman–Crippen MR) is 77.7 cm³/mol. The van der Waals surface area contributed by atoms with Crippen LogP contribution >= 0.6 is 0 Å². The predicted octanol–water partition coefficient (Wildman–Crippen LogP) is 3.73. The van der Waals surface area contributed by atoms with Gasteiger partial charge in [-0.3, -0.25) is 0 Å². The Morgan fingerprint density at radius 1 is 0.909 bits per heavy atom. The van der Waals surface area contributed by atoms with Crippen LogP contribution in [0.2, 0.25) is 0 Å². The molecule has 0 aromatic heterocycles. The molecule has 6 heteroatoms. The summed E-state index contributed by atoms with van der Waals surface area (Å²) in [5.74, 6) is 0.176. The summed E-state index contributed by atoms with van der Waals surface area (Å²) in [6.45, 7) is -0.710. The van der Waals surface area contributed by atoms with Gasteiger partial charge >= 0.3 is 6.18 Å². The molecule has 2 rings (SSSR count). The summed E-state index contributed by atoms with van der Waals surface area (Å²) in [5.41, 5.74) is 2.66. The summed E-state index contributed by atoms with van der Waals surface area (Å²) in [6.07, 6.45) is -4.34. The Morgan fingerprint density at radius 3 is 2.05 bits per heavy atom. The third kappa shape index (κ3) is 5.29. The summed E-state index contributed by atoms with van der Waals surface area (Å²) < 4.78 is 40.7. The molecule has 118 valence electrons. The van der Waals surface area contributed by atoms with Crippen LogP contribution in [0.25, 0.3) is 0 Å². The Bertz CT molecular complexity index is 580. The summed E-state index contributed by atoms with van der Waals surface area (Å²) in [5, 5.41) is 12.1. The van der Waals surface area contributed by atoms with Crippen LogP contribution < -0.4 is 10.1 Å². The van der Waals surface area contributed by atoms with Crippen LogP contribution in [-0.4, -0.2) is 17.9 Å². The molecule has 0 saturated heterocycles. The minimum Gasteiger partial charge on any atom is -0.484 e. The van der Waals surface area contributed by atoms with Crippen molar-refractivity contribution in [1.29, 1.82) is 0 Å². The molecule has 0 aliphatic heterocycles. The first-order valence-electron chi connectivity index (χ1n) is 6.68. The molecular weight excluding hydrogens is 295 g/mol. The Labute approximate surface area is 126 Å². The van der Waals surface area contributed by atoms with Crippen LogP contribution in [0.3, 0.4) is 0 Å². The van der Waals surface area contributed by atoms with Crippen molar-refractivity contribution in [3.8, 4) is 5.75 Å². The van der Waals surface area contributed by atoms with E-state index in [-0.39, 0.29) is 12.4 Å². The second-order valence-corrected chi connectivity index (χ2v) is 4.76. The number of nitrogens with one attached hydrogen (secondary N) is 1. The number of anilines is 1. The van der Waals surface area contributed by atoms with Gasteiger partial charge in [0.05, 0.1) is 6.61 Å².